The normalized spacial score (nSPS) is 11.0. The minimum atomic E-state index is 1.02. The Hall–Kier alpha value is -7.29. The van der Waals surface area contributed by atoms with Crippen LogP contribution in [0.4, 0.5) is 17.1 Å². The van der Waals surface area contributed by atoms with Gasteiger partial charge in [0.1, 0.15) is 0 Å². The first-order chi connectivity index (χ1) is 45.8. The van der Waals surface area contributed by atoms with Crippen LogP contribution >= 0.6 is 68.0 Å². The molecule has 480 valence electrons. The zero-order valence-electron chi connectivity index (χ0n) is 55.1. The maximum absolute atomic E-state index is 5.00. The first kappa shape index (κ1) is 68.6. The molecule has 6 nitrogen and oxygen atoms in total. The lowest BCUT2D eigenvalue weighted by atomic mass is 10.0. The minimum Gasteiger partial charge on any atom is -0.372 e. The van der Waals surface area contributed by atoms with E-state index >= 15 is 0 Å². The van der Waals surface area contributed by atoms with Crippen molar-refractivity contribution in [1.29, 1.82) is 0 Å². The highest BCUT2D eigenvalue weighted by Gasteiger charge is 2.16. The van der Waals surface area contributed by atoms with E-state index in [1.807, 2.05) is 0 Å². The molecule has 0 bridgehead atoms. The lowest BCUT2D eigenvalue weighted by Gasteiger charge is -2.25. The second-order valence-electron chi connectivity index (χ2n) is 23.4. The Morgan fingerprint density at radius 1 is 0.247 bits per heavy atom. The van der Waals surface area contributed by atoms with Crippen LogP contribution in [-0.2, 0) is 0 Å². The minimum absolute atomic E-state index is 1.02. The lowest BCUT2D eigenvalue weighted by Crippen LogP contribution is -2.25. The van der Waals surface area contributed by atoms with Gasteiger partial charge >= 0.3 is 0 Å². The number of hydrogen-bond acceptors (Lipinski definition) is 12. The fourth-order valence-electron chi connectivity index (χ4n) is 11.5. The van der Waals surface area contributed by atoms with Crippen LogP contribution in [0.1, 0.15) is 119 Å². The Morgan fingerprint density at radius 3 is 0.699 bits per heavy atom. The van der Waals surface area contributed by atoms with Gasteiger partial charge in [-0.1, -0.05) is 152 Å². The maximum atomic E-state index is 5.00. The van der Waals surface area contributed by atoms with Crippen molar-refractivity contribution in [2.45, 2.75) is 119 Å². The molecule has 0 aliphatic rings. The van der Waals surface area contributed by atoms with Crippen LogP contribution in [0.3, 0.4) is 0 Å². The van der Waals surface area contributed by atoms with E-state index < -0.39 is 0 Å². The SMILES string of the molecule is CCCCCCN(CCCCCC)c1ccc(-c2cc(-c3cccs3)nc(-c3cccs3)c2)cc1.CCCCN(CCCC)c1ccc(-c2cc(-c3cccs3)nc(-c3cccs3)c2)cc1.CCN(CC)c1ccc(-c2cc(-c3cccs3)nc(-c3cccs3)c2)cc1. The van der Waals surface area contributed by atoms with E-state index in [2.05, 4.69) is 271 Å². The standard InChI is InChI=1S/C31H38N2S2.C27H30N2S2.C23H22N2S2/c1-3-5-7-9-19-33(20-10-8-6-4-2)27-17-15-25(16-18-27)26-23-28(30-13-11-21-34-30)32-29(24-26)31-14-12-22-35-31;1-3-5-15-29(16-6-4-2)23-13-11-21(12-14-23)22-19-24(26-9-7-17-30-26)28-25(20-22)27-10-8-18-31-27;1-3-25(4-2)19-11-9-17(10-12-19)18-15-20(22-7-5-13-26-22)24-21(16-18)23-8-6-14-27-23/h11-18,21-24H,3-10,19-20H2,1-2H3;7-14,17-20H,3-6,15-16H2,1-2H3;5-16H,3-4H2,1-2H3. The first-order valence-corrected chi connectivity index (χ1v) is 39.0. The molecule has 0 aliphatic heterocycles. The van der Waals surface area contributed by atoms with Crippen molar-refractivity contribution in [1.82, 2.24) is 15.0 Å². The zero-order chi connectivity index (χ0) is 64.4. The molecular weight excluding hydrogens is 1250 g/mol. The highest BCUT2D eigenvalue weighted by molar-refractivity contribution is 7.15. The smallest absolute Gasteiger partial charge is 0.0815 e. The van der Waals surface area contributed by atoms with Crippen LogP contribution in [-0.4, -0.2) is 54.2 Å². The molecule has 0 saturated heterocycles. The fraction of sp³-hybridized carbons (Fsp3) is 0.296. The van der Waals surface area contributed by atoms with Crippen molar-refractivity contribution in [2.24, 2.45) is 0 Å². The molecule has 0 aliphatic carbocycles. The number of hydrogen-bond donors (Lipinski definition) is 0. The summed E-state index contributed by atoms with van der Waals surface area (Å²) in [5.74, 6) is 0. The van der Waals surface area contributed by atoms with Crippen LogP contribution in [0.2, 0.25) is 0 Å². The van der Waals surface area contributed by atoms with Gasteiger partial charge in [-0.15, -0.1) is 68.0 Å². The zero-order valence-corrected chi connectivity index (χ0v) is 60.0. The number of anilines is 3. The largest absolute Gasteiger partial charge is 0.372 e. The van der Waals surface area contributed by atoms with E-state index in [-0.39, 0.29) is 0 Å². The van der Waals surface area contributed by atoms with Gasteiger partial charge in [0.2, 0.25) is 0 Å². The second kappa shape index (κ2) is 36.4. The van der Waals surface area contributed by atoms with Gasteiger partial charge in [0.25, 0.3) is 0 Å². The third kappa shape index (κ3) is 19.4. The van der Waals surface area contributed by atoms with Crippen LogP contribution in [0.15, 0.2) is 214 Å². The molecule has 0 radical (unpaired) electrons. The summed E-state index contributed by atoms with van der Waals surface area (Å²) in [4.78, 5) is 29.7. The number of unbranched alkanes of at least 4 members (excludes halogenated alkanes) is 8. The van der Waals surface area contributed by atoms with Crippen LogP contribution in [0.25, 0.3) is 96.8 Å². The van der Waals surface area contributed by atoms with Crippen LogP contribution < -0.4 is 14.7 Å². The monoisotopic (exact) mass is 1340 g/mol. The number of benzene rings is 3. The van der Waals surface area contributed by atoms with Crippen LogP contribution in [0, 0.1) is 0 Å². The van der Waals surface area contributed by atoms with E-state index in [1.54, 1.807) is 68.0 Å². The van der Waals surface area contributed by atoms with E-state index in [9.17, 15) is 0 Å². The molecule has 0 atom stereocenters. The van der Waals surface area contributed by atoms with Crippen molar-refractivity contribution in [2.75, 3.05) is 54.0 Å². The van der Waals surface area contributed by atoms with E-state index in [0.29, 0.717) is 0 Å². The first-order valence-electron chi connectivity index (χ1n) is 33.7. The van der Waals surface area contributed by atoms with Gasteiger partial charge in [0.05, 0.1) is 63.4 Å². The Kier molecular flexibility index (Phi) is 26.8. The summed E-state index contributed by atoms with van der Waals surface area (Å²) in [6, 6.07) is 66.0. The summed E-state index contributed by atoms with van der Waals surface area (Å²) in [7, 11) is 0. The van der Waals surface area contributed by atoms with Crippen molar-refractivity contribution >= 4 is 85.1 Å². The van der Waals surface area contributed by atoms with Crippen molar-refractivity contribution < 1.29 is 0 Å². The summed E-state index contributed by atoms with van der Waals surface area (Å²) >= 11 is 10.4. The molecule has 0 saturated carbocycles. The molecule has 0 amide bonds. The van der Waals surface area contributed by atoms with Gasteiger partial charge in [-0.25, -0.2) is 15.0 Å². The predicted octanol–water partition coefficient (Wildman–Crippen LogP) is 25.8. The molecule has 3 aromatic carbocycles. The molecule has 12 rings (SSSR count). The molecule has 9 heterocycles. The topological polar surface area (TPSA) is 48.4 Å². The van der Waals surface area contributed by atoms with Crippen molar-refractivity contribution in [3.05, 3.63) is 214 Å². The molecular formula is C81H90N6S6. The molecule has 0 N–H and O–H groups in total. The van der Waals surface area contributed by atoms with Gasteiger partial charge < -0.3 is 14.7 Å². The number of aromatic nitrogens is 3. The number of pyridine rings is 3. The van der Waals surface area contributed by atoms with Crippen molar-refractivity contribution in [3.63, 3.8) is 0 Å². The molecule has 0 spiro atoms. The predicted molar refractivity (Wildman–Crippen MR) is 415 cm³/mol. The number of nitrogens with zero attached hydrogens (tertiary/aromatic N) is 6. The highest BCUT2D eigenvalue weighted by Crippen LogP contribution is 2.38. The Bertz CT molecular complexity index is 3810. The van der Waals surface area contributed by atoms with Gasteiger partial charge in [-0.3, -0.25) is 0 Å². The fourth-order valence-corrected chi connectivity index (χ4v) is 15.6. The molecule has 9 aromatic heterocycles. The summed E-state index contributed by atoms with van der Waals surface area (Å²) in [5.41, 5.74) is 17.6. The Morgan fingerprint density at radius 2 is 0.484 bits per heavy atom. The van der Waals surface area contributed by atoms with Gasteiger partial charge in [-0.2, -0.15) is 0 Å². The van der Waals surface area contributed by atoms with E-state index in [1.165, 1.54) is 157 Å². The summed E-state index contributed by atoms with van der Waals surface area (Å²) < 4.78 is 0. The average molecular weight is 1340 g/mol. The number of rotatable bonds is 30. The Balaban J connectivity index is 0.000000154. The second-order valence-corrected chi connectivity index (χ2v) is 29.0. The van der Waals surface area contributed by atoms with Gasteiger partial charge in [-0.05, 0) is 214 Å². The van der Waals surface area contributed by atoms with E-state index in [0.717, 1.165) is 73.4 Å². The van der Waals surface area contributed by atoms with Crippen LogP contribution in [0.5, 0.6) is 0 Å². The molecule has 93 heavy (non-hydrogen) atoms. The molecule has 0 unspecified atom stereocenters. The number of thiophene rings is 6. The highest BCUT2D eigenvalue weighted by atomic mass is 32.1. The molecule has 0 fully saturated rings. The van der Waals surface area contributed by atoms with Gasteiger partial charge in [0.15, 0.2) is 0 Å². The molecule has 12 aromatic rings. The Labute approximate surface area is 579 Å². The maximum Gasteiger partial charge on any atom is 0.0815 e. The van der Waals surface area contributed by atoms with Crippen molar-refractivity contribution in [3.8, 4) is 96.8 Å². The third-order valence-electron chi connectivity index (χ3n) is 16.7. The van der Waals surface area contributed by atoms with Gasteiger partial charge in [0, 0.05) is 56.3 Å². The third-order valence-corrected chi connectivity index (χ3v) is 22.1. The van der Waals surface area contributed by atoms with E-state index in [4.69, 9.17) is 15.0 Å². The lowest BCUT2D eigenvalue weighted by molar-refractivity contribution is 0.609. The molecule has 12 heteroatoms. The summed E-state index contributed by atoms with van der Waals surface area (Å²) in [6.07, 6.45) is 15.4. The quantitative estimate of drug-likeness (QED) is 0.0418. The summed E-state index contributed by atoms with van der Waals surface area (Å²) in [6.45, 7) is 20.1. The summed E-state index contributed by atoms with van der Waals surface area (Å²) in [5, 5.41) is 12.7. The average Bonchev–Trinajstić information content (AvgIpc) is 1.84.